The lowest BCUT2D eigenvalue weighted by Gasteiger charge is -2.24. The van der Waals surface area contributed by atoms with Gasteiger partial charge in [0.05, 0.1) is 0 Å². The molecule has 1 saturated heterocycles. The minimum absolute atomic E-state index is 0.270. The minimum Gasteiger partial charge on any atom is -0.340 e. The Morgan fingerprint density at radius 3 is 2.42 bits per heavy atom. The number of rotatable bonds is 6. The van der Waals surface area contributed by atoms with Crippen LogP contribution >= 0.6 is 11.6 Å². The summed E-state index contributed by atoms with van der Waals surface area (Å²) in [4.78, 5) is 39.5. The third-order valence-corrected chi connectivity index (χ3v) is 4.91. The molecule has 0 radical (unpaired) electrons. The summed E-state index contributed by atoms with van der Waals surface area (Å²) in [7, 11) is 1.62. The zero-order valence-corrected chi connectivity index (χ0v) is 14.9. The van der Waals surface area contributed by atoms with E-state index in [0.29, 0.717) is 24.4 Å². The molecule has 2 rings (SSSR count). The van der Waals surface area contributed by atoms with Gasteiger partial charge in [0.1, 0.15) is 12.1 Å². The van der Waals surface area contributed by atoms with Crippen molar-refractivity contribution in [3.63, 3.8) is 0 Å². The van der Waals surface area contributed by atoms with E-state index in [1.807, 2.05) is 32.0 Å². The molecular weight excluding hydrogens is 330 g/mol. The summed E-state index contributed by atoms with van der Waals surface area (Å²) >= 11 is 6.10. The molecule has 1 heterocycles. The fourth-order valence-corrected chi connectivity index (χ4v) is 2.97. The summed E-state index contributed by atoms with van der Waals surface area (Å²) in [5, 5.41) is 3.29. The summed E-state index contributed by atoms with van der Waals surface area (Å²) < 4.78 is 0. The van der Waals surface area contributed by atoms with Gasteiger partial charge in [0.2, 0.25) is 5.91 Å². The van der Waals surface area contributed by atoms with Gasteiger partial charge in [-0.05, 0) is 24.5 Å². The van der Waals surface area contributed by atoms with E-state index in [1.54, 1.807) is 13.1 Å². The van der Waals surface area contributed by atoms with E-state index in [0.717, 1.165) is 10.5 Å². The Hall–Kier alpha value is -2.08. The fraction of sp³-hybridized carbons (Fsp3) is 0.471. The van der Waals surface area contributed by atoms with E-state index in [2.05, 4.69) is 5.32 Å². The number of nitrogens with zero attached hydrogens (tertiary/aromatic N) is 2. The van der Waals surface area contributed by atoms with Crippen LogP contribution in [0, 0.1) is 0 Å². The van der Waals surface area contributed by atoms with E-state index in [1.165, 1.54) is 4.90 Å². The predicted molar refractivity (Wildman–Crippen MR) is 91.5 cm³/mol. The molecule has 0 aliphatic carbocycles. The highest BCUT2D eigenvalue weighted by Crippen LogP contribution is 2.25. The molecular formula is C17H22ClN3O3. The second kappa shape index (κ2) is 7.21. The van der Waals surface area contributed by atoms with Crippen molar-refractivity contribution >= 4 is 29.4 Å². The molecule has 0 unspecified atom stereocenters. The molecule has 7 heteroatoms. The maximum atomic E-state index is 12.5. The molecule has 0 aromatic heterocycles. The van der Waals surface area contributed by atoms with E-state index in [9.17, 15) is 14.4 Å². The molecule has 1 N–H and O–H groups in total. The van der Waals surface area contributed by atoms with Crippen molar-refractivity contribution in [2.75, 3.05) is 13.6 Å². The van der Waals surface area contributed by atoms with Crippen molar-refractivity contribution in [2.45, 2.75) is 38.8 Å². The van der Waals surface area contributed by atoms with Crippen LogP contribution in [0.1, 0.15) is 32.3 Å². The van der Waals surface area contributed by atoms with Crippen LogP contribution in [0.3, 0.4) is 0 Å². The van der Waals surface area contributed by atoms with Crippen molar-refractivity contribution in [1.29, 1.82) is 0 Å². The van der Waals surface area contributed by atoms with Crippen LogP contribution in [0.4, 0.5) is 4.79 Å². The van der Waals surface area contributed by atoms with Crippen LogP contribution in [-0.2, 0) is 16.1 Å². The SMILES string of the molecule is CCC1(CC)NC(=O)N(CC(=O)N(C)Cc2ccccc2Cl)C1=O. The molecule has 1 aliphatic rings. The predicted octanol–water partition coefficient (Wildman–Crippen LogP) is 2.41. The van der Waals surface area contributed by atoms with Gasteiger partial charge in [-0.2, -0.15) is 0 Å². The molecule has 1 aliphatic heterocycles. The number of carbonyl (C=O) groups is 3. The second-order valence-electron chi connectivity index (χ2n) is 5.95. The smallest absolute Gasteiger partial charge is 0.325 e. The van der Waals surface area contributed by atoms with Crippen molar-refractivity contribution < 1.29 is 14.4 Å². The van der Waals surface area contributed by atoms with Crippen LogP contribution in [-0.4, -0.2) is 46.8 Å². The van der Waals surface area contributed by atoms with Crippen LogP contribution in [0.2, 0.25) is 5.02 Å². The van der Waals surface area contributed by atoms with Crippen molar-refractivity contribution in [2.24, 2.45) is 0 Å². The van der Waals surface area contributed by atoms with Gasteiger partial charge < -0.3 is 10.2 Å². The molecule has 6 nitrogen and oxygen atoms in total. The van der Waals surface area contributed by atoms with E-state index < -0.39 is 11.6 Å². The number of hydrogen-bond acceptors (Lipinski definition) is 3. The number of benzene rings is 1. The zero-order chi connectivity index (χ0) is 17.9. The molecule has 24 heavy (non-hydrogen) atoms. The van der Waals surface area contributed by atoms with E-state index >= 15 is 0 Å². The molecule has 0 atom stereocenters. The molecule has 4 amide bonds. The Labute approximate surface area is 146 Å². The van der Waals surface area contributed by atoms with E-state index in [4.69, 9.17) is 11.6 Å². The van der Waals surface area contributed by atoms with Gasteiger partial charge >= 0.3 is 6.03 Å². The van der Waals surface area contributed by atoms with Crippen LogP contribution in [0.25, 0.3) is 0 Å². The third-order valence-electron chi connectivity index (χ3n) is 4.54. The van der Waals surface area contributed by atoms with E-state index in [-0.39, 0.29) is 18.4 Å². The summed E-state index contributed by atoms with van der Waals surface area (Å²) in [6.07, 6.45) is 0.989. The molecule has 1 aromatic carbocycles. The molecule has 1 fully saturated rings. The summed E-state index contributed by atoms with van der Waals surface area (Å²) in [5.41, 5.74) is -0.0812. The molecule has 0 spiro atoms. The number of halogens is 1. The molecule has 1 aromatic rings. The summed E-state index contributed by atoms with van der Waals surface area (Å²) in [6.45, 7) is 3.73. The molecule has 130 valence electrons. The van der Waals surface area contributed by atoms with Gasteiger partial charge in [0, 0.05) is 18.6 Å². The van der Waals surface area contributed by atoms with Crippen LogP contribution < -0.4 is 5.32 Å². The average Bonchev–Trinajstić information content (AvgIpc) is 2.81. The Morgan fingerprint density at radius 1 is 1.25 bits per heavy atom. The Balaban J connectivity index is 2.05. The van der Waals surface area contributed by atoms with Crippen molar-refractivity contribution in [1.82, 2.24) is 15.1 Å². The molecule has 0 bridgehead atoms. The highest BCUT2D eigenvalue weighted by atomic mass is 35.5. The van der Waals surface area contributed by atoms with Gasteiger partial charge in [0.15, 0.2) is 0 Å². The Morgan fingerprint density at radius 2 is 1.88 bits per heavy atom. The van der Waals surface area contributed by atoms with Gasteiger partial charge in [-0.15, -0.1) is 0 Å². The average molecular weight is 352 g/mol. The lowest BCUT2D eigenvalue weighted by molar-refractivity contribution is -0.138. The van der Waals surface area contributed by atoms with Gasteiger partial charge in [0.25, 0.3) is 5.91 Å². The fourth-order valence-electron chi connectivity index (χ4n) is 2.78. The molecule has 0 saturated carbocycles. The van der Waals surface area contributed by atoms with Gasteiger partial charge in [-0.25, -0.2) is 4.79 Å². The Kier molecular flexibility index (Phi) is 5.49. The first kappa shape index (κ1) is 18.3. The normalized spacial score (nSPS) is 16.2. The standard InChI is InChI=1S/C17H22ClN3O3/c1-4-17(5-2)15(23)21(16(24)19-17)11-14(22)20(3)10-12-8-6-7-9-13(12)18/h6-9H,4-5,10-11H2,1-3H3,(H,19,24). The number of imide groups is 1. The topological polar surface area (TPSA) is 69.7 Å². The number of urea groups is 1. The lowest BCUT2D eigenvalue weighted by Crippen LogP contribution is -2.46. The first-order valence-corrected chi connectivity index (χ1v) is 8.34. The first-order chi connectivity index (χ1) is 11.3. The zero-order valence-electron chi connectivity index (χ0n) is 14.1. The highest BCUT2D eigenvalue weighted by Gasteiger charge is 2.49. The minimum atomic E-state index is -0.890. The quantitative estimate of drug-likeness (QED) is 0.800. The third kappa shape index (κ3) is 3.38. The number of nitrogens with one attached hydrogen (secondary N) is 1. The highest BCUT2D eigenvalue weighted by molar-refractivity contribution is 6.31. The summed E-state index contributed by atoms with van der Waals surface area (Å²) in [6, 6.07) is 6.73. The van der Waals surface area contributed by atoms with Crippen LogP contribution in [0.15, 0.2) is 24.3 Å². The van der Waals surface area contributed by atoms with Gasteiger partial charge in [-0.1, -0.05) is 43.6 Å². The number of amides is 4. The van der Waals surface area contributed by atoms with Crippen molar-refractivity contribution in [3.05, 3.63) is 34.9 Å². The first-order valence-electron chi connectivity index (χ1n) is 7.96. The number of hydrogen-bond donors (Lipinski definition) is 1. The lowest BCUT2D eigenvalue weighted by atomic mass is 9.93. The Bertz CT molecular complexity index is 658. The second-order valence-corrected chi connectivity index (χ2v) is 6.36. The monoisotopic (exact) mass is 351 g/mol. The maximum Gasteiger partial charge on any atom is 0.325 e. The van der Waals surface area contributed by atoms with Crippen LogP contribution in [0.5, 0.6) is 0 Å². The van der Waals surface area contributed by atoms with Crippen molar-refractivity contribution in [3.8, 4) is 0 Å². The number of likely N-dealkylation sites (N-methyl/N-ethyl adjacent to an activating group) is 1. The maximum absolute atomic E-state index is 12.5. The number of carbonyl (C=O) groups excluding carboxylic acids is 3. The summed E-state index contributed by atoms with van der Waals surface area (Å²) in [5.74, 6) is -0.654. The van der Waals surface area contributed by atoms with Gasteiger partial charge in [-0.3, -0.25) is 14.5 Å². The largest absolute Gasteiger partial charge is 0.340 e.